The van der Waals surface area contributed by atoms with Crippen LogP contribution in [0.25, 0.3) is 10.4 Å². The minimum absolute atomic E-state index is 0.0577. The minimum Gasteiger partial charge on any atom is -0.497 e. The fraction of sp³-hybridized carbons (Fsp3) is 0.355. The molecule has 0 aliphatic carbocycles. The van der Waals surface area contributed by atoms with Gasteiger partial charge in [-0.05, 0) is 65.5 Å². The molecule has 1 aliphatic rings. The molecule has 1 aliphatic heterocycles. The summed E-state index contributed by atoms with van der Waals surface area (Å²) in [4.78, 5) is 21.9. The van der Waals surface area contributed by atoms with Crippen molar-refractivity contribution in [3.8, 4) is 17.2 Å². The van der Waals surface area contributed by atoms with Crippen molar-refractivity contribution in [1.82, 2.24) is 5.32 Å². The van der Waals surface area contributed by atoms with E-state index in [9.17, 15) is 4.79 Å². The maximum absolute atomic E-state index is 14.1. The van der Waals surface area contributed by atoms with E-state index >= 15 is 0 Å². The van der Waals surface area contributed by atoms with E-state index in [2.05, 4.69) is 15.3 Å². The zero-order valence-corrected chi connectivity index (χ0v) is 23.9. The summed E-state index contributed by atoms with van der Waals surface area (Å²) >= 11 is 0. The van der Waals surface area contributed by atoms with E-state index in [-0.39, 0.29) is 32.0 Å². The number of azide groups is 1. The van der Waals surface area contributed by atoms with Gasteiger partial charge in [0.2, 0.25) is 5.90 Å². The summed E-state index contributed by atoms with van der Waals surface area (Å²) in [6.45, 7) is 2.65. The molecule has 0 bridgehead atoms. The van der Waals surface area contributed by atoms with Crippen LogP contribution in [0, 0.1) is 0 Å². The third kappa shape index (κ3) is 7.12. The van der Waals surface area contributed by atoms with Crippen LogP contribution in [0.5, 0.6) is 17.2 Å². The highest BCUT2D eigenvalue weighted by Crippen LogP contribution is 2.34. The van der Waals surface area contributed by atoms with Crippen LogP contribution in [-0.2, 0) is 29.0 Å². The van der Waals surface area contributed by atoms with Crippen molar-refractivity contribution in [2.24, 2.45) is 10.1 Å². The molecular formula is C31H35N5O6. The minimum atomic E-state index is -1.30. The van der Waals surface area contributed by atoms with Crippen molar-refractivity contribution in [3.63, 3.8) is 0 Å². The van der Waals surface area contributed by atoms with Gasteiger partial charge in [-0.3, -0.25) is 4.79 Å². The standard InChI is InChI=1S/C31H35N5O6/c1-21-31(18-24-7-4-5-8-25(24)20-34-36-32,30(38)33-19-22-15-27(39-2)17-28(16-22)40-3)35-29(42-21)23-9-11-26(12-10-23)41-14-6-13-37/h4-5,7-12,15-17,21,37H,6,13-14,18-20H2,1-3H3,(H,33,38)/t21-,31-/m1/s1. The first kappa shape index (κ1) is 30.2. The number of ether oxygens (including phenoxy) is 4. The number of carbonyl (C=O) groups is 1. The Morgan fingerprint density at radius 3 is 2.40 bits per heavy atom. The summed E-state index contributed by atoms with van der Waals surface area (Å²) in [5.74, 6) is 1.91. The largest absolute Gasteiger partial charge is 0.497 e. The summed E-state index contributed by atoms with van der Waals surface area (Å²) in [5, 5.41) is 15.8. The molecule has 0 radical (unpaired) electrons. The Morgan fingerprint density at radius 1 is 1.07 bits per heavy atom. The Balaban J connectivity index is 1.66. The van der Waals surface area contributed by atoms with Gasteiger partial charge in [0.05, 0.1) is 27.4 Å². The molecule has 220 valence electrons. The smallest absolute Gasteiger partial charge is 0.252 e. The van der Waals surface area contributed by atoms with Crippen LogP contribution >= 0.6 is 0 Å². The first-order chi connectivity index (χ1) is 20.4. The summed E-state index contributed by atoms with van der Waals surface area (Å²) < 4.78 is 22.6. The molecule has 0 fully saturated rings. The third-order valence-electron chi connectivity index (χ3n) is 7.07. The van der Waals surface area contributed by atoms with Crippen LogP contribution in [0.1, 0.15) is 35.6 Å². The zero-order valence-electron chi connectivity index (χ0n) is 23.9. The number of aliphatic hydroxyl groups is 1. The van der Waals surface area contributed by atoms with Gasteiger partial charge in [-0.15, -0.1) is 0 Å². The van der Waals surface area contributed by atoms with Crippen molar-refractivity contribution < 1.29 is 28.8 Å². The quantitative estimate of drug-likeness (QED) is 0.123. The third-order valence-corrected chi connectivity index (χ3v) is 7.07. The van der Waals surface area contributed by atoms with Crippen LogP contribution < -0.4 is 19.5 Å². The number of nitrogens with zero attached hydrogens (tertiary/aromatic N) is 4. The number of hydrogen-bond acceptors (Lipinski definition) is 8. The number of nitrogens with one attached hydrogen (secondary N) is 1. The van der Waals surface area contributed by atoms with E-state index in [4.69, 9.17) is 34.6 Å². The second kappa shape index (κ2) is 14.2. The van der Waals surface area contributed by atoms with E-state index in [0.29, 0.717) is 41.7 Å². The number of hydrogen-bond donors (Lipinski definition) is 2. The fourth-order valence-electron chi connectivity index (χ4n) is 4.73. The lowest BCUT2D eigenvalue weighted by molar-refractivity contribution is -0.128. The van der Waals surface area contributed by atoms with E-state index < -0.39 is 11.6 Å². The Kier molecular flexibility index (Phi) is 10.3. The van der Waals surface area contributed by atoms with Crippen LogP contribution in [0.4, 0.5) is 0 Å². The SMILES string of the molecule is COc1cc(CNC(=O)[C@]2(Cc3ccccc3CN=[N+]=[N-])N=C(c3ccc(OCCCO)cc3)O[C@@H]2C)cc(OC)c1. The molecule has 0 saturated carbocycles. The summed E-state index contributed by atoms with van der Waals surface area (Å²) in [5.41, 5.74) is 10.7. The summed E-state index contributed by atoms with van der Waals surface area (Å²) in [7, 11) is 3.14. The van der Waals surface area contributed by atoms with Gasteiger partial charge in [0.25, 0.3) is 5.91 Å². The van der Waals surface area contributed by atoms with Crippen molar-refractivity contribution >= 4 is 11.8 Å². The Morgan fingerprint density at radius 2 is 1.76 bits per heavy atom. The van der Waals surface area contributed by atoms with Gasteiger partial charge in [0, 0.05) is 42.5 Å². The molecular weight excluding hydrogens is 538 g/mol. The fourth-order valence-corrected chi connectivity index (χ4v) is 4.73. The van der Waals surface area contributed by atoms with Gasteiger partial charge < -0.3 is 29.4 Å². The number of benzene rings is 3. The highest BCUT2D eigenvalue weighted by Gasteiger charge is 2.50. The first-order valence-corrected chi connectivity index (χ1v) is 13.6. The van der Waals surface area contributed by atoms with Gasteiger partial charge in [-0.2, -0.15) is 0 Å². The number of rotatable bonds is 14. The van der Waals surface area contributed by atoms with Crippen molar-refractivity contribution in [3.05, 3.63) is 99.4 Å². The Hall–Kier alpha value is -4.73. The molecule has 42 heavy (non-hydrogen) atoms. The van der Waals surface area contributed by atoms with Crippen LogP contribution in [-0.4, -0.2) is 56.0 Å². The number of amides is 1. The van der Waals surface area contributed by atoms with E-state index in [1.54, 1.807) is 32.4 Å². The molecule has 1 amide bonds. The molecule has 11 nitrogen and oxygen atoms in total. The lowest BCUT2D eigenvalue weighted by Crippen LogP contribution is -2.52. The lowest BCUT2D eigenvalue weighted by Gasteiger charge is -2.29. The molecule has 0 aromatic heterocycles. The van der Waals surface area contributed by atoms with Crippen LogP contribution in [0.3, 0.4) is 0 Å². The van der Waals surface area contributed by atoms with Gasteiger partial charge in [0.1, 0.15) is 23.4 Å². The topological polar surface area (TPSA) is 147 Å². The Bertz CT molecular complexity index is 1430. The van der Waals surface area contributed by atoms with Crippen LogP contribution in [0.2, 0.25) is 0 Å². The highest BCUT2D eigenvalue weighted by atomic mass is 16.5. The molecule has 4 rings (SSSR count). The number of methoxy groups -OCH3 is 2. The number of carbonyl (C=O) groups excluding carboxylic acids is 1. The molecule has 2 atom stereocenters. The second-order valence-electron chi connectivity index (χ2n) is 9.79. The predicted octanol–water partition coefficient (Wildman–Crippen LogP) is 4.74. The predicted molar refractivity (Wildman–Crippen MR) is 158 cm³/mol. The molecule has 11 heteroatoms. The van der Waals surface area contributed by atoms with Crippen molar-refractivity contribution in [2.75, 3.05) is 27.4 Å². The highest BCUT2D eigenvalue weighted by molar-refractivity contribution is 6.01. The maximum atomic E-state index is 14.1. The molecule has 2 N–H and O–H groups in total. The van der Waals surface area contributed by atoms with Crippen LogP contribution in [0.15, 0.2) is 76.8 Å². The van der Waals surface area contributed by atoms with E-state index in [0.717, 1.165) is 16.7 Å². The zero-order chi connectivity index (χ0) is 30.0. The average Bonchev–Trinajstić information content (AvgIpc) is 3.36. The van der Waals surface area contributed by atoms with Crippen molar-refractivity contribution in [1.29, 1.82) is 0 Å². The van der Waals surface area contributed by atoms with Gasteiger partial charge >= 0.3 is 0 Å². The maximum Gasteiger partial charge on any atom is 0.252 e. The Labute approximate surface area is 244 Å². The molecule has 3 aromatic carbocycles. The first-order valence-electron chi connectivity index (χ1n) is 13.6. The number of aliphatic hydroxyl groups excluding tert-OH is 1. The number of aliphatic imine (C=N–C) groups is 1. The molecule has 0 saturated heterocycles. The van der Waals surface area contributed by atoms with Gasteiger partial charge in [-0.25, -0.2) is 4.99 Å². The lowest BCUT2D eigenvalue weighted by atomic mass is 9.84. The van der Waals surface area contributed by atoms with E-state index in [1.807, 2.05) is 55.5 Å². The van der Waals surface area contributed by atoms with Crippen molar-refractivity contribution in [2.45, 2.75) is 44.5 Å². The normalized spacial score (nSPS) is 17.4. The van der Waals surface area contributed by atoms with E-state index in [1.165, 1.54) is 0 Å². The monoisotopic (exact) mass is 573 g/mol. The summed E-state index contributed by atoms with van der Waals surface area (Å²) in [6, 6.07) is 20.2. The molecule has 1 heterocycles. The van der Waals surface area contributed by atoms with Gasteiger partial charge in [0.15, 0.2) is 5.54 Å². The van der Waals surface area contributed by atoms with Gasteiger partial charge in [-0.1, -0.05) is 29.4 Å². The summed E-state index contributed by atoms with van der Waals surface area (Å²) in [6.07, 6.45) is 0.154. The second-order valence-corrected chi connectivity index (χ2v) is 9.79. The average molecular weight is 574 g/mol. The molecule has 0 unspecified atom stereocenters. The molecule has 3 aromatic rings. The molecule has 0 spiro atoms.